The molecule has 2 N–H and O–H groups in total. The number of alkyl halides is 3. The first-order chi connectivity index (χ1) is 6.36. The van der Waals surface area contributed by atoms with Crippen molar-refractivity contribution in [3.63, 3.8) is 0 Å². The largest absolute Gasteiger partial charge is 0.320 e. The first kappa shape index (κ1) is 9.01. The Labute approximate surface area is 80.8 Å². The Bertz CT molecular complexity index is 251. The molecule has 4 fully saturated rings. The van der Waals surface area contributed by atoms with E-state index in [1.807, 2.05) is 0 Å². The highest BCUT2D eigenvalue weighted by molar-refractivity contribution is 5.21. The number of halogens is 3. The summed E-state index contributed by atoms with van der Waals surface area (Å²) in [5.41, 5.74) is 1.84. The van der Waals surface area contributed by atoms with Crippen LogP contribution in [0.15, 0.2) is 0 Å². The van der Waals surface area contributed by atoms with Gasteiger partial charge in [-0.3, -0.25) is 0 Å². The molecule has 0 amide bonds. The van der Waals surface area contributed by atoms with Crippen LogP contribution in [0.5, 0.6) is 0 Å². The minimum absolute atomic E-state index is 0.0233. The Morgan fingerprint density at radius 1 is 0.929 bits per heavy atom. The Morgan fingerprint density at radius 2 is 1.43 bits per heavy atom. The summed E-state index contributed by atoms with van der Waals surface area (Å²) in [5.74, 6) is -3.12. The summed E-state index contributed by atoms with van der Waals surface area (Å²) in [7, 11) is 0. The van der Waals surface area contributed by atoms with E-state index in [1.54, 1.807) is 0 Å². The fourth-order valence-electron chi connectivity index (χ4n) is 4.02. The lowest BCUT2D eigenvalue weighted by Gasteiger charge is -2.61. The maximum Gasteiger partial charge on any atom is 0.298 e. The summed E-state index contributed by atoms with van der Waals surface area (Å²) in [4.78, 5) is 0. The van der Waals surface area contributed by atoms with Crippen LogP contribution in [0.2, 0.25) is 0 Å². The van der Waals surface area contributed by atoms with Crippen LogP contribution in [0.1, 0.15) is 32.1 Å². The average molecular weight is 205 g/mol. The minimum Gasteiger partial charge on any atom is -0.320 e. The fraction of sp³-hybridized carbons (Fsp3) is 1.00. The van der Waals surface area contributed by atoms with Crippen LogP contribution in [0.4, 0.5) is 13.2 Å². The molecule has 4 saturated carbocycles. The van der Waals surface area contributed by atoms with E-state index in [1.165, 1.54) is 0 Å². The highest BCUT2D eigenvalue weighted by atomic mass is 19.3. The van der Waals surface area contributed by atoms with E-state index in [0.29, 0.717) is 12.8 Å². The summed E-state index contributed by atoms with van der Waals surface area (Å²) in [6, 6.07) is 0. The first-order valence-corrected chi connectivity index (χ1v) is 5.22. The molecule has 2 atom stereocenters. The van der Waals surface area contributed by atoms with Gasteiger partial charge in [0.1, 0.15) is 0 Å². The second kappa shape index (κ2) is 2.13. The van der Waals surface area contributed by atoms with Crippen molar-refractivity contribution >= 4 is 0 Å². The molecule has 4 aliphatic rings. The Kier molecular flexibility index (Phi) is 1.37. The number of hydrogen-bond acceptors (Lipinski definition) is 1. The molecule has 4 bridgehead atoms. The van der Waals surface area contributed by atoms with E-state index in [-0.39, 0.29) is 24.7 Å². The third kappa shape index (κ3) is 0.779. The third-order valence-electron chi connectivity index (χ3n) is 4.38. The van der Waals surface area contributed by atoms with Gasteiger partial charge in [-0.1, -0.05) is 0 Å². The maximum absolute atomic E-state index is 14.1. The second-order valence-corrected chi connectivity index (χ2v) is 5.48. The van der Waals surface area contributed by atoms with Crippen molar-refractivity contribution in [2.24, 2.45) is 17.6 Å². The second-order valence-electron chi connectivity index (χ2n) is 5.48. The van der Waals surface area contributed by atoms with E-state index in [2.05, 4.69) is 0 Å². The van der Waals surface area contributed by atoms with Crippen LogP contribution in [0.3, 0.4) is 0 Å². The highest BCUT2D eigenvalue weighted by Gasteiger charge is 2.74. The molecule has 0 aromatic rings. The molecule has 0 aliphatic heterocycles. The molecule has 0 radical (unpaired) electrons. The smallest absolute Gasteiger partial charge is 0.298 e. The summed E-state index contributed by atoms with van der Waals surface area (Å²) < 4.78 is 41.6. The zero-order valence-electron chi connectivity index (χ0n) is 7.90. The first-order valence-electron chi connectivity index (χ1n) is 5.22. The Hall–Kier alpha value is -0.250. The van der Waals surface area contributed by atoms with Gasteiger partial charge in [0, 0.05) is 0 Å². The predicted molar refractivity (Wildman–Crippen MR) is 45.8 cm³/mol. The summed E-state index contributed by atoms with van der Waals surface area (Å²) in [6.07, 6.45) is 1.57. The van der Waals surface area contributed by atoms with Crippen molar-refractivity contribution in [2.45, 2.75) is 49.2 Å². The molecule has 4 aliphatic carbocycles. The third-order valence-corrected chi connectivity index (χ3v) is 4.38. The van der Waals surface area contributed by atoms with Crippen LogP contribution in [-0.2, 0) is 0 Å². The van der Waals surface area contributed by atoms with Crippen molar-refractivity contribution in [3.8, 4) is 0 Å². The van der Waals surface area contributed by atoms with Crippen molar-refractivity contribution < 1.29 is 13.2 Å². The van der Waals surface area contributed by atoms with Gasteiger partial charge in [-0.05, 0) is 43.9 Å². The molecule has 0 saturated heterocycles. The van der Waals surface area contributed by atoms with Crippen molar-refractivity contribution in [1.29, 1.82) is 0 Å². The van der Waals surface area contributed by atoms with Crippen LogP contribution < -0.4 is 5.73 Å². The number of rotatable bonds is 0. The maximum atomic E-state index is 14.1. The lowest BCUT2D eigenvalue weighted by atomic mass is 9.50. The molecular formula is C10H14F3N. The molecule has 1 nitrogen and oxygen atoms in total. The van der Waals surface area contributed by atoms with E-state index >= 15 is 0 Å². The lowest BCUT2D eigenvalue weighted by molar-refractivity contribution is -0.268. The van der Waals surface area contributed by atoms with Crippen LogP contribution in [0.25, 0.3) is 0 Å². The van der Waals surface area contributed by atoms with Gasteiger partial charge in [0.2, 0.25) is 0 Å². The molecule has 4 rings (SSSR count). The van der Waals surface area contributed by atoms with Gasteiger partial charge in [-0.25, -0.2) is 13.2 Å². The lowest BCUT2D eigenvalue weighted by Crippen LogP contribution is -2.75. The molecule has 80 valence electrons. The average Bonchev–Trinajstić information content (AvgIpc) is 1.98. The van der Waals surface area contributed by atoms with Gasteiger partial charge in [-0.15, -0.1) is 0 Å². The SMILES string of the molecule is NC12CC3CC(C1)CC(F)(C3)C2(F)F. The minimum atomic E-state index is -3.31. The van der Waals surface area contributed by atoms with Crippen molar-refractivity contribution in [1.82, 2.24) is 0 Å². The zero-order chi connectivity index (χ0) is 10.2. The normalized spacial score (nSPS) is 59.1. The topological polar surface area (TPSA) is 26.0 Å². The summed E-state index contributed by atoms with van der Waals surface area (Å²) in [6.45, 7) is 0. The molecule has 2 unspecified atom stereocenters. The number of nitrogens with two attached hydrogens (primary N) is 1. The van der Waals surface area contributed by atoms with Gasteiger partial charge in [0.15, 0.2) is 5.67 Å². The molecule has 4 heteroatoms. The van der Waals surface area contributed by atoms with E-state index in [0.717, 1.165) is 6.42 Å². The summed E-state index contributed by atoms with van der Waals surface area (Å²) in [5, 5.41) is 0. The molecule has 0 spiro atoms. The Balaban J connectivity index is 2.10. The van der Waals surface area contributed by atoms with Crippen LogP contribution in [0, 0.1) is 11.8 Å². The van der Waals surface area contributed by atoms with Gasteiger partial charge in [-0.2, -0.15) is 0 Å². The molecule has 0 aromatic heterocycles. The monoisotopic (exact) mass is 205 g/mol. The van der Waals surface area contributed by atoms with Gasteiger partial charge >= 0.3 is 0 Å². The fourth-order valence-corrected chi connectivity index (χ4v) is 4.02. The van der Waals surface area contributed by atoms with E-state index in [9.17, 15) is 13.2 Å². The van der Waals surface area contributed by atoms with E-state index < -0.39 is 17.1 Å². The van der Waals surface area contributed by atoms with Gasteiger partial charge in [0.25, 0.3) is 5.92 Å². The zero-order valence-corrected chi connectivity index (χ0v) is 7.90. The van der Waals surface area contributed by atoms with Crippen molar-refractivity contribution in [2.75, 3.05) is 0 Å². The van der Waals surface area contributed by atoms with E-state index in [4.69, 9.17) is 5.73 Å². The molecule has 0 heterocycles. The van der Waals surface area contributed by atoms with Gasteiger partial charge < -0.3 is 5.73 Å². The highest BCUT2D eigenvalue weighted by Crippen LogP contribution is 2.64. The molecule has 0 aromatic carbocycles. The number of hydrogen-bond donors (Lipinski definition) is 1. The Morgan fingerprint density at radius 3 is 1.86 bits per heavy atom. The molecule has 14 heavy (non-hydrogen) atoms. The standard InChI is InChI=1S/C10H14F3N/c11-8-2-6-1-7(3-8)5-9(14,4-6)10(8,12)13/h6-7H,1-5,14H2. The predicted octanol–water partition coefficient (Wildman–Crippen LogP) is 2.25. The summed E-state index contributed by atoms with van der Waals surface area (Å²) >= 11 is 0. The van der Waals surface area contributed by atoms with Gasteiger partial charge in [0.05, 0.1) is 5.54 Å². The van der Waals surface area contributed by atoms with Crippen molar-refractivity contribution in [3.05, 3.63) is 0 Å². The molecular weight excluding hydrogens is 191 g/mol. The quantitative estimate of drug-likeness (QED) is 0.645. The van der Waals surface area contributed by atoms with Crippen LogP contribution in [-0.4, -0.2) is 17.1 Å². The van der Waals surface area contributed by atoms with Crippen LogP contribution >= 0.6 is 0 Å².